The topological polar surface area (TPSA) is 56.1 Å². The SMILES string of the molecule is CCc1ccc(OCc2cccc(C(=O)Nc3ccn(Cc4cccc(F)c4)n3)c2)cc1. The molecule has 0 unspecified atom stereocenters. The lowest BCUT2D eigenvalue weighted by molar-refractivity contribution is 0.102. The Morgan fingerprint density at radius 1 is 0.969 bits per heavy atom. The normalized spacial score (nSPS) is 10.7. The molecule has 5 nitrogen and oxygen atoms in total. The van der Waals surface area contributed by atoms with Gasteiger partial charge in [0.05, 0.1) is 6.54 Å². The molecule has 0 saturated heterocycles. The van der Waals surface area contributed by atoms with Crippen LogP contribution in [0, 0.1) is 5.82 Å². The van der Waals surface area contributed by atoms with Crippen LogP contribution in [-0.2, 0) is 19.6 Å². The van der Waals surface area contributed by atoms with Gasteiger partial charge in [-0.15, -0.1) is 0 Å². The van der Waals surface area contributed by atoms with Crippen LogP contribution in [0.5, 0.6) is 5.75 Å². The Balaban J connectivity index is 1.36. The predicted molar refractivity (Wildman–Crippen MR) is 122 cm³/mol. The Hall–Kier alpha value is -3.93. The van der Waals surface area contributed by atoms with Crippen molar-refractivity contribution >= 4 is 11.7 Å². The van der Waals surface area contributed by atoms with Crippen LogP contribution in [0.4, 0.5) is 10.2 Å². The molecular formula is C26H24FN3O2. The predicted octanol–water partition coefficient (Wildman–Crippen LogP) is 5.46. The molecule has 4 rings (SSSR count). The van der Waals surface area contributed by atoms with Crippen molar-refractivity contribution in [1.29, 1.82) is 0 Å². The molecule has 0 bridgehead atoms. The molecule has 32 heavy (non-hydrogen) atoms. The van der Waals surface area contributed by atoms with Crippen LogP contribution in [0.3, 0.4) is 0 Å². The third-order valence-electron chi connectivity index (χ3n) is 5.04. The number of nitrogens with zero attached hydrogens (tertiary/aromatic N) is 2. The van der Waals surface area contributed by atoms with Gasteiger partial charge in [0.15, 0.2) is 5.82 Å². The molecule has 0 atom stereocenters. The largest absolute Gasteiger partial charge is 0.489 e. The van der Waals surface area contributed by atoms with Crippen molar-refractivity contribution in [3.8, 4) is 5.75 Å². The van der Waals surface area contributed by atoms with E-state index in [0.29, 0.717) is 24.5 Å². The summed E-state index contributed by atoms with van der Waals surface area (Å²) in [6.45, 7) is 2.90. The lowest BCUT2D eigenvalue weighted by Gasteiger charge is -2.09. The van der Waals surface area contributed by atoms with E-state index in [1.807, 2.05) is 42.5 Å². The third kappa shape index (κ3) is 5.60. The monoisotopic (exact) mass is 429 g/mol. The first-order valence-corrected chi connectivity index (χ1v) is 10.5. The zero-order valence-electron chi connectivity index (χ0n) is 17.8. The van der Waals surface area contributed by atoms with Crippen LogP contribution in [0.2, 0.25) is 0 Å². The molecule has 4 aromatic rings. The average molecular weight is 429 g/mol. The third-order valence-corrected chi connectivity index (χ3v) is 5.04. The molecule has 3 aromatic carbocycles. The number of ether oxygens (including phenoxy) is 1. The summed E-state index contributed by atoms with van der Waals surface area (Å²) in [5, 5.41) is 7.15. The Kier molecular flexibility index (Phi) is 6.60. The highest BCUT2D eigenvalue weighted by Gasteiger charge is 2.10. The van der Waals surface area contributed by atoms with Gasteiger partial charge in [-0.3, -0.25) is 9.48 Å². The average Bonchev–Trinajstić information content (AvgIpc) is 3.24. The lowest BCUT2D eigenvalue weighted by Crippen LogP contribution is -2.13. The fourth-order valence-electron chi connectivity index (χ4n) is 3.32. The minimum absolute atomic E-state index is 0.254. The molecule has 1 heterocycles. The summed E-state index contributed by atoms with van der Waals surface area (Å²) in [4.78, 5) is 12.7. The van der Waals surface area contributed by atoms with Crippen LogP contribution in [0.25, 0.3) is 0 Å². The second kappa shape index (κ2) is 9.92. The quantitative estimate of drug-likeness (QED) is 0.404. The van der Waals surface area contributed by atoms with Crippen LogP contribution in [0.15, 0.2) is 85.1 Å². The standard InChI is InChI=1S/C26H24FN3O2/c1-2-19-9-11-24(12-10-19)32-18-21-6-3-7-22(15-21)26(31)28-25-13-14-30(29-25)17-20-5-4-8-23(27)16-20/h3-16H,2,17-18H2,1H3,(H,28,29,31). The van der Waals surface area contributed by atoms with Crippen molar-refractivity contribution in [3.63, 3.8) is 0 Å². The van der Waals surface area contributed by atoms with Gasteiger partial charge in [-0.25, -0.2) is 4.39 Å². The molecule has 0 fully saturated rings. The second-order valence-corrected chi connectivity index (χ2v) is 7.47. The summed E-state index contributed by atoms with van der Waals surface area (Å²) in [6.07, 6.45) is 2.73. The van der Waals surface area contributed by atoms with Gasteiger partial charge in [0.2, 0.25) is 0 Å². The van der Waals surface area contributed by atoms with Crippen LogP contribution in [0.1, 0.15) is 34.0 Å². The van der Waals surface area contributed by atoms with Crippen molar-refractivity contribution in [2.45, 2.75) is 26.5 Å². The van der Waals surface area contributed by atoms with Gasteiger partial charge in [-0.1, -0.05) is 43.3 Å². The number of carbonyl (C=O) groups excluding carboxylic acids is 1. The zero-order chi connectivity index (χ0) is 22.3. The molecule has 0 radical (unpaired) electrons. The Morgan fingerprint density at radius 2 is 1.75 bits per heavy atom. The van der Waals surface area contributed by atoms with Gasteiger partial charge in [0, 0.05) is 17.8 Å². The smallest absolute Gasteiger partial charge is 0.256 e. The maximum atomic E-state index is 13.4. The number of aromatic nitrogens is 2. The van der Waals surface area contributed by atoms with Gasteiger partial charge in [0.25, 0.3) is 5.91 Å². The van der Waals surface area contributed by atoms with Crippen LogP contribution in [-0.4, -0.2) is 15.7 Å². The summed E-state index contributed by atoms with van der Waals surface area (Å²) >= 11 is 0. The van der Waals surface area contributed by atoms with E-state index >= 15 is 0 Å². The van der Waals surface area contributed by atoms with Crippen molar-refractivity contribution in [1.82, 2.24) is 9.78 Å². The van der Waals surface area contributed by atoms with E-state index in [1.165, 1.54) is 17.7 Å². The maximum Gasteiger partial charge on any atom is 0.256 e. The minimum atomic E-state index is -0.287. The first-order valence-electron chi connectivity index (χ1n) is 10.5. The van der Waals surface area contributed by atoms with Crippen LogP contribution < -0.4 is 10.1 Å². The number of rotatable bonds is 8. The summed E-state index contributed by atoms with van der Waals surface area (Å²) in [5.41, 5.74) is 3.47. The number of hydrogen-bond acceptors (Lipinski definition) is 3. The van der Waals surface area contributed by atoms with Crippen molar-refractivity contribution < 1.29 is 13.9 Å². The highest BCUT2D eigenvalue weighted by molar-refractivity contribution is 6.03. The van der Waals surface area contributed by atoms with Crippen molar-refractivity contribution in [3.05, 3.63) is 113 Å². The van der Waals surface area contributed by atoms with Gasteiger partial charge in [0.1, 0.15) is 18.2 Å². The van der Waals surface area contributed by atoms with E-state index in [4.69, 9.17) is 4.74 Å². The van der Waals surface area contributed by atoms with Gasteiger partial charge >= 0.3 is 0 Å². The molecule has 0 aliphatic rings. The van der Waals surface area contributed by atoms with Crippen LogP contribution >= 0.6 is 0 Å². The van der Waals surface area contributed by atoms with E-state index in [0.717, 1.165) is 23.3 Å². The zero-order valence-corrected chi connectivity index (χ0v) is 17.8. The summed E-state index contributed by atoms with van der Waals surface area (Å²) in [6, 6.07) is 23.4. The van der Waals surface area contributed by atoms with Crippen molar-refractivity contribution in [2.24, 2.45) is 0 Å². The van der Waals surface area contributed by atoms with E-state index in [9.17, 15) is 9.18 Å². The number of amides is 1. The number of aryl methyl sites for hydroxylation is 1. The number of hydrogen-bond donors (Lipinski definition) is 1. The van der Waals surface area contributed by atoms with Gasteiger partial charge < -0.3 is 10.1 Å². The highest BCUT2D eigenvalue weighted by Crippen LogP contribution is 2.16. The number of anilines is 1. The van der Waals surface area contributed by atoms with E-state index in [-0.39, 0.29) is 11.7 Å². The molecule has 1 N–H and O–H groups in total. The van der Waals surface area contributed by atoms with Gasteiger partial charge in [-0.2, -0.15) is 5.10 Å². The molecule has 0 aliphatic carbocycles. The molecule has 0 spiro atoms. The number of carbonyl (C=O) groups is 1. The molecule has 1 amide bonds. The molecule has 0 aliphatic heterocycles. The summed E-state index contributed by atoms with van der Waals surface area (Å²) in [5.74, 6) is 0.685. The summed E-state index contributed by atoms with van der Waals surface area (Å²) in [7, 11) is 0. The Morgan fingerprint density at radius 3 is 2.53 bits per heavy atom. The first kappa shape index (κ1) is 21.3. The minimum Gasteiger partial charge on any atom is -0.489 e. The van der Waals surface area contributed by atoms with Crippen molar-refractivity contribution in [2.75, 3.05) is 5.32 Å². The van der Waals surface area contributed by atoms with E-state index < -0.39 is 0 Å². The summed E-state index contributed by atoms with van der Waals surface area (Å²) < 4.78 is 20.8. The van der Waals surface area contributed by atoms with E-state index in [1.54, 1.807) is 35.1 Å². The number of benzene rings is 3. The van der Waals surface area contributed by atoms with Gasteiger partial charge in [-0.05, 0) is 59.5 Å². The molecule has 6 heteroatoms. The Labute approximate surface area is 186 Å². The lowest BCUT2D eigenvalue weighted by atomic mass is 10.1. The molecular weight excluding hydrogens is 405 g/mol. The molecule has 0 saturated carbocycles. The fourth-order valence-corrected chi connectivity index (χ4v) is 3.32. The second-order valence-electron chi connectivity index (χ2n) is 7.47. The number of halogens is 1. The highest BCUT2D eigenvalue weighted by atomic mass is 19.1. The maximum absolute atomic E-state index is 13.4. The molecule has 1 aromatic heterocycles. The van der Waals surface area contributed by atoms with E-state index in [2.05, 4.69) is 17.3 Å². The number of nitrogens with one attached hydrogen (secondary N) is 1. The Bertz CT molecular complexity index is 1200. The fraction of sp³-hybridized carbons (Fsp3) is 0.154. The molecule has 162 valence electrons. The first-order chi connectivity index (χ1) is 15.6.